The van der Waals surface area contributed by atoms with Gasteiger partial charge in [-0.1, -0.05) is 13.8 Å². The fraction of sp³-hybridized carbons (Fsp3) is 0.786. The molecule has 0 aromatic rings. The molecule has 0 aromatic carbocycles. The molecule has 0 aliphatic heterocycles. The topological polar surface area (TPSA) is 87.2 Å². The molecule has 0 radical (unpaired) electrons. The number of carboxylic acids is 1. The highest BCUT2D eigenvalue weighted by molar-refractivity contribution is 5.84. The first-order chi connectivity index (χ1) is 9.68. The Morgan fingerprint density at radius 3 is 2.05 bits per heavy atom. The second-order valence-corrected chi connectivity index (χ2v) is 5.48. The first-order valence-electron chi connectivity index (χ1n) is 7.11. The van der Waals surface area contributed by atoms with Gasteiger partial charge in [-0.15, -0.1) is 0 Å². The van der Waals surface area contributed by atoms with Crippen molar-refractivity contribution in [3.8, 4) is 0 Å². The van der Waals surface area contributed by atoms with Gasteiger partial charge in [-0.3, -0.25) is 9.59 Å². The summed E-state index contributed by atoms with van der Waals surface area (Å²) in [4.78, 5) is 37.5. The minimum atomic E-state index is -1.08. The number of amides is 2. The van der Waals surface area contributed by atoms with Crippen LogP contribution in [0.5, 0.6) is 0 Å². The molecule has 0 aromatic heterocycles. The van der Waals surface area contributed by atoms with E-state index in [1.165, 1.54) is 9.80 Å². The Kier molecular flexibility index (Phi) is 8.42. The van der Waals surface area contributed by atoms with Crippen molar-refractivity contribution in [3.63, 3.8) is 0 Å². The number of ether oxygens (including phenoxy) is 1. The fourth-order valence-electron chi connectivity index (χ4n) is 1.81. The summed E-state index contributed by atoms with van der Waals surface area (Å²) in [7, 11) is 0. The quantitative estimate of drug-likeness (QED) is 0.685. The molecule has 2 amide bonds. The van der Waals surface area contributed by atoms with E-state index in [1.807, 2.05) is 13.8 Å². The zero-order chi connectivity index (χ0) is 16.6. The molecular weight excluding hydrogens is 276 g/mol. The third kappa shape index (κ3) is 7.53. The zero-order valence-electron chi connectivity index (χ0n) is 13.5. The van der Waals surface area contributed by atoms with Crippen LogP contribution in [-0.2, 0) is 14.3 Å². The molecule has 1 N–H and O–H groups in total. The molecule has 0 bridgehead atoms. The van der Waals surface area contributed by atoms with Crippen LogP contribution < -0.4 is 0 Å². The zero-order valence-corrected chi connectivity index (χ0v) is 13.5. The predicted octanol–water partition coefficient (Wildman–Crippen LogP) is 1.42. The van der Waals surface area contributed by atoms with Crippen molar-refractivity contribution in [1.82, 2.24) is 9.80 Å². The van der Waals surface area contributed by atoms with E-state index in [4.69, 9.17) is 9.84 Å². The maximum Gasteiger partial charge on any atom is 0.325 e. The van der Waals surface area contributed by atoms with Gasteiger partial charge in [0.2, 0.25) is 0 Å². The van der Waals surface area contributed by atoms with Crippen molar-refractivity contribution in [3.05, 3.63) is 0 Å². The van der Waals surface area contributed by atoms with E-state index in [9.17, 15) is 14.4 Å². The number of urea groups is 1. The summed E-state index contributed by atoms with van der Waals surface area (Å²) >= 11 is 0. The van der Waals surface area contributed by atoms with E-state index < -0.39 is 18.0 Å². The summed E-state index contributed by atoms with van der Waals surface area (Å²) in [6.45, 7) is 9.01. The average molecular weight is 302 g/mol. The SMILES string of the molecule is CCOC(=O)CN(C(=O)N(CC(=O)O)CC(C)C)C(C)C. The molecule has 0 heterocycles. The van der Waals surface area contributed by atoms with Crippen molar-refractivity contribution in [2.24, 2.45) is 5.92 Å². The van der Waals surface area contributed by atoms with E-state index in [-0.39, 0.29) is 31.7 Å². The van der Waals surface area contributed by atoms with Crippen molar-refractivity contribution in [2.75, 3.05) is 26.2 Å². The minimum absolute atomic E-state index is 0.130. The Hall–Kier alpha value is -1.79. The van der Waals surface area contributed by atoms with Gasteiger partial charge in [-0.2, -0.15) is 0 Å². The summed E-state index contributed by atoms with van der Waals surface area (Å²) in [5, 5.41) is 8.93. The summed E-state index contributed by atoms with van der Waals surface area (Å²) in [5.41, 5.74) is 0. The molecule has 0 fully saturated rings. The molecule has 0 saturated heterocycles. The van der Waals surface area contributed by atoms with Gasteiger partial charge in [0.25, 0.3) is 0 Å². The predicted molar refractivity (Wildman–Crippen MR) is 77.9 cm³/mol. The van der Waals surface area contributed by atoms with Crippen LogP contribution in [0.4, 0.5) is 4.79 Å². The molecular formula is C14H26N2O5. The molecule has 0 unspecified atom stereocenters. The Labute approximate surface area is 125 Å². The van der Waals surface area contributed by atoms with Crippen molar-refractivity contribution < 1.29 is 24.2 Å². The summed E-state index contributed by atoms with van der Waals surface area (Å²) in [6, 6.07) is -0.695. The minimum Gasteiger partial charge on any atom is -0.480 e. The molecule has 0 atom stereocenters. The molecule has 7 nitrogen and oxygen atoms in total. The number of esters is 1. The van der Waals surface area contributed by atoms with Crippen LogP contribution in [0.25, 0.3) is 0 Å². The lowest BCUT2D eigenvalue weighted by atomic mass is 10.2. The van der Waals surface area contributed by atoms with E-state index in [2.05, 4.69) is 0 Å². The van der Waals surface area contributed by atoms with Gasteiger partial charge in [-0.05, 0) is 26.7 Å². The smallest absolute Gasteiger partial charge is 0.325 e. The second-order valence-electron chi connectivity index (χ2n) is 5.48. The van der Waals surface area contributed by atoms with Crippen LogP contribution >= 0.6 is 0 Å². The Morgan fingerprint density at radius 2 is 1.67 bits per heavy atom. The van der Waals surface area contributed by atoms with Gasteiger partial charge in [0.1, 0.15) is 13.1 Å². The molecule has 0 spiro atoms. The van der Waals surface area contributed by atoms with Crippen LogP contribution in [0.1, 0.15) is 34.6 Å². The third-order valence-corrected chi connectivity index (χ3v) is 2.66. The van der Waals surface area contributed by atoms with Crippen molar-refractivity contribution in [2.45, 2.75) is 40.7 Å². The van der Waals surface area contributed by atoms with Crippen LogP contribution in [-0.4, -0.2) is 65.2 Å². The number of hydrogen-bond acceptors (Lipinski definition) is 4. The van der Waals surface area contributed by atoms with Crippen LogP contribution in [0.15, 0.2) is 0 Å². The molecule has 0 aliphatic rings. The van der Waals surface area contributed by atoms with E-state index in [0.29, 0.717) is 6.54 Å². The van der Waals surface area contributed by atoms with Crippen LogP contribution in [0.2, 0.25) is 0 Å². The third-order valence-electron chi connectivity index (χ3n) is 2.66. The standard InChI is InChI=1S/C14H26N2O5/c1-6-21-13(19)9-16(11(4)5)14(20)15(7-10(2)3)8-12(17)18/h10-11H,6-9H2,1-5H3,(H,17,18). The summed E-state index contributed by atoms with van der Waals surface area (Å²) < 4.78 is 4.85. The van der Waals surface area contributed by atoms with Gasteiger partial charge < -0.3 is 19.6 Å². The monoisotopic (exact) mass is 302 g/mol. The number of nitrogens with zero attached hydrogens (tertiary/aromatic N) is 2. The Balaban J connectivity index is 5.02. The highest BCUT2D eigenvalue weighted by atomic mass is 16.5. The van der Waals surface area contributed by atoms with Crippen molar-refractivity contribution in [1.29, 1.82) is 0 Å². The Morgan fingerprint density at radius 1 is 1.10 bits per heavy atom. The normalized spacial score (nSPS) is 10.6. The lowest BCUT2D eigenvalue weighted by Gasteiger charge is -2.32. The summed E-state index contributed by atoms with van der Waals surface area (Å²) in [5.74, 6) is -1.45. The van der Waals surface area contributed by atoms with E-state index >= 15 is 0 Å². The van der Waals surface area contributed by atoms with Crippen molar-refractivity contribution >= 4 is 18.0 Å². The molecule has 0 aliphatic carbocycles. The first-order valence-corrected chi connectivity index (χ1v) is 7.11. The molecule has 122 valence electrons. The van der Waals surface area contributed by atoms with Gasteiger partial charge in [0, 0.05) is 12.6 Å². The summed E-state index contributed by atoms with van der Waals surface area (Å²) in [6.07, 6.45) is 0. The number of aliphatic carboxylic acids is 1. The maximum absolute atomic E-state index is 12.5. The lowest BCUT2D eigenvalue weighted by Crippen LogP contribution is -2.51. The highest BCUT2D eigenvalue weighted by Gasteiger charge is 2.27. The number of hydrogen-bond donors (Lipinski definition) is 1. The lowest BCUT2D eigenvalue weighted by molar-refractivity contribution is -0.144. The number of rotatable bonds is 8. The van der Waals surface area contributed by atoms with Crippen LogP contribution in [0.3, 0.4) is 0 Å². The van der Waals surface area contributed by atoms with Gasteiger partial charge in [-0.25, -0.2) is 4.79 Å². The number of carbonyl (C=O) groups is 3. The Bertz CT molecular complexity index is 368. The second kappa shape index (κ2) is 9.20. The number of carboxylic acid groups (broad SMARTS) is 1. The highest BCUT2D eigenvalue weighted by Crippen LogP contribution is 2.08. The average Bonchev–Trinajstić information content (AvgIpc) is 2.33. The number of carbonyl (C=O) groups excluding carboxylic acids is 2. The molecule has 21 heavy (non-hydrogen) atoms. The van der Waals surface area contributed by atoms with E-state index in [0.717, 1.165) is 0 Å². The first kappa shape index (κ1) is 19.2. The van der Waals surface area contributed by atoms with Gasteiger partial charge in [0.05, 0.1) is 6.61 Å². The van der Waals surface area contributed by atoms with Gasteiger partial charge >= 0.3 is 18.0 Å². The fourth-order valence-corrected chi connectivity index (χ4v) is 1.81. The van der Waals surface area contributed by atoms with Gasteiger partial charge in [0.15, 0.2) is 0 Å². The molecule has 0 rings (SSSR count). The van der Waals surface area contributed by atoms with E-state index in [1.54, 1.807) is 20.8 Å². The largest absolute Gasteiger partial charge is 0.480 e. The molecule has 0 saturated carbocycles. The molecule has 7 heteroatoms. The maximum atomic E-state index is 12.5. The van der Waals surface area contributed by atoms with Crippen LogP contribution in [0, 0.1) is 5.92 Å².